The number of carbonyl (C=O) groups excluding carboxylic acids is 1. The largest absolute Gasteiger partial charge is 0.395 e. The fourth-order valence-corrected chi connectivity index (χ4v) is 2.20. The Morgan fingerprint density at radius 1 is 1.30 bits per heavy atom. The number of aromatic nitrogens is 2. The predicted octanol–water partition coefficient (Wildman–Crippen LogP) is 3.51. The number of hydrogen-bond donors (Lipinski definition) is 0. The van der Waals surface area contributed by atoms with Gasteiger partial charge in [-0.1, -0.05) is 19.1 Å². The van der Waals surface area contributed by atoms with Crippen LogP contribution in [0.5, 0.6) is 0 Å². The average Bonchev–Trinajstić information content (AvgIpc) is 2.66. The number of hydrogen-bond acceptors (Lipinski definition) is 2. The molecule has 0 radical (unpaired) electrons. The first-order valence-electron chi connectivity index (χ1n) is 6.43. The minimum Gasteiger partial charge on any atom is -0.328 e. The Hall–Kier alpha value is -1.85. The molecular formula is C14H15F3N2O. The van der Waals surface area contributed by atoms with E-state index in [4.69, 9.17) is 0 Å². The topological polar surface area (TPSA) is 34.9 Å². The van der Waals surface area contributed by atoms with Gasteiger partial charge in [-0.15, -0.1) is 0 Å². The highest BCUT2D eigenvalue weighted by Crippen LogP contribution is 2.22. The van der Waals surface area contributed by atoms with Gasteiger partial charge in [0, 0.05) is 6.54 Å². The normalized spacial score (nSPS) is 12.0. The van der Waals surface area contributed by atoms with Gasteiger partial charge < -0.3 is 4.57 Å². The van der Waals surface area contributed by atoms with Crippen molar-refractivity contribution < 1.29 is 18.0 Å². The average molecular weight is 284 g/mol. The molecule has 0 N–H and O–H groups in total. The van der Waals surface area contributed by atoms with Gasteiger partial charge in [0.1, 0.15) is 18.0 Å². The minimum absolute atomic E-state index is 0.284. The molecule has 108 valence electrons. The molecule has 0 fully saturated rings. The van der Waals surface area contributed by atoms with Gasteiger partial charge in [-0.05, 0) is 18.6 Å². The summed E-state index contributed by atoms with van der Waals surface area (Å²) in [4.78, 5) is 15.8. The highest BCUT2D eigenvalue weighted by atomic mass is 19.4. The lowest BCUT2D eigenvalue weighted by molar-refractivity contribution is -0.151. The number of halogens is 3. The third kappa shape index (κ3) is 3.37. The van der Waals surface area contributed by atoms with Crippen molar-refractivity contribution in [1.82, 2.24) is 9.55 Å². The molecular weight excluding hydrogens is 269 g/mol. The van der Waals surface area contributed by atoms with E-state index in [1.54, 1.807) is 6.07 Å². The van der Waals surface area contributed by atoms with E-state index in [0.717, 1.165) is 11.9 Å². The Bertz CT molecular complexity index is 616. The Morgan fingerprint density at radius 2 is 2.00 bits per heavy atom. The third-order valence-electron chi connectivity index (χ3n) is 2.93. The molecule has 0 bridgehead atoms. The highest BCUT2D eigenvalue weighted by Gasteiger charge is 2.31. The van der Waals surface area contributed by atoms with Crippen molar-refractivity contribution in [3.8, 4) is 0 Å². The summed E-state index contributed by atoms with van der Waals surface area (Å²) in [5.41, 5.74) is 1.56. The number of fused-ring (bicyclic) bond motifs is 1. The quantitative estimate of drug-likeness (QED) is 0.842. The second kappa shape index (κ2) is 5.64. The van der Waals surface area contributed by atoms with E-state index < -0.39 is 18.4 Å². The van der Waals surface area contributed by atoms with Crippen molar-refractivity contribution >= 4 is 16.8 Å². The van der Waals surface area contributed by atoms with E-state index in [9.17, 15) is 18.0 Å². The summed E-state index contributed by atoms with van der Waals surface area (Å²) >= 11 is 0. The molecule has 0 aliphatic heterocycles. The van der Waals surface area contributed by atoms with Crippen molar-refractivity contribution in [1.29, 1.82) is 0 Å². The molecule has 1 aromatic heterocycles. The standard InChI is InChI=1S/C14H15F3N2O/c1-2-7-19-12-6-4-3-5-11(12)18-13(19)8-10(20)9-14(15,16)17/h3-6H,2,7-9H2,1H3. The molecule has 0 aliphatic carbocycles. The second-order valence-electron chi connectivity index (χ2n) is 4.68. The van der Waals surface area contributed by atoms with Crippen molar-refractivity contribution in [3.63, 3.8) is 0 Å². The van der Waals surface area contributed by atoms with Crippen molar-refractivity contribution in [2.24, 2.45) is 0 Å². The summed E-state index contributed by atoms with van der Waals surface area (Å²) in [5, 5.41) is 0. The molecule has 3 nitrogen and oxygen atoms in total. The lowest BCUT2D eigenvalue weighted by Crippen LogP contribution is -2.18. The van der Waals surface area contributed by atoms with Crippen LogP contribution in [-0.4, -0.2) is 21.5 Å². The van der Waals surface area contributed by atoms with E-state index in [2.05, 4.69) is 4.98 Å². The summed E-state index contributed by atoms with van der Waals surface area (Å²) in [7, 11) is 0. The van der Waals surface area contributed by atoms with Gasteiger partial charge in [-0.25, -0.2) is 4.98 Å². The molecule has 0 unspecified atom stereocenters. The van der Waals surface area contributed by atoms with Gasteiger partial charge in [-0.3, -0.25) is 4.79 Å². The van der Waals surface area contributed by atoms with Crippen LogP contribution in [0.15, 0.2) is 24.3 Å². The Morgan fingerprint density at radius 3 is 2.65 bits per heavy atom. The molecule has 0 saturated heterocycles. The Balaban J connectivity index is 2.29. The number of rotatable bonds is 5. The van der Waals surface area contributed by atoms with Gasteiger partial charge in [0.2, 0.25) is 0 Å². The molecule has 2 aromatic rings. The maximum atomic E-state index is 12.2. The molecule has 0 aliphatic rings. The summed E-state index contributed by atoms with van der Waals surface area (Å²) < 4.78 is 38.5. The number of para-hydroxylation sites is 2. The first kappa shape index (κ1) is 14.6. The summed E-state index contributed by atoms with van der Waals surface area (Å²) in [5.74, 6) is -0.451. The number of nitrogens with zero attached hydrogens (tertiary/aromatic N) is 2. The number of alkyl halides is 3. The molecule has 0 spiro atoms. The van der Waals surface area contributed by atoms with Crippen LogP contribution >= 0.6 is 0 Å². The fraction of sp³-hybridized carbons (Fsp3) is 0.429. The van der Waals surface area contributed by atoms with Gasteiger partial charge in [0.15, 0.2) is 0 Å². The number of carbonyl (C=O) groups is 1. The van der Waals surface area contributed by atoms with Gasteiger partial charge in [0.05, 0.1) is 17.5 Å². The minimum atomic E-state index is -4.46. The van der Waals surface area contributed by atoms with Crippen LogP contribution in [0.1, 0.15) is 25.6 Å². The SMILES string of the molecule is CCCn1c(CC(=O)CC(F)(F)F)nc2ccccc21. The zero-order valence-electron chi connectivity index (χ0n) is 11.1. The molecule has 1 aromatic carbocycles. The second-order valence-corrected chi connectivity index (χ2v) is 4.68. The van der Waals surface area contributed by atoms with Crippen LogP contribution in [0.3, 0.4) is 0 Å². The summed E-state index contributed by atoms with van der Waals surface area (Å²) in [6.07, 6.45) is -5.32. The zero-order chi connectivity index (χ0) is 14.8. The summed E-state index contributed by atoms with van der Waals surface area (Å²) in [6.45, 7) is 2.60. The van der Waals surface area contributed by atoms with E-state index >= 15 is 0 Å². The molecule has 2 rings (SSSR count). The number of ketones is 1. The Labute approximate surface area is 114 Å². The number of aryl methyl sites for hydroxylation is 1. The number of imidazole rings is 1. The van der Waals surface area contributed by atoms with Gasteiger partial charge >= 0.3 is 6.18 Å². The highest BCUT2D eigenvalue weighted by molar-refractivity contribution is 5.83. The maximum Gasteiger partial charge on any atom is 0.395 e. The van der Waals surface area contributed by atoms with Crippen LogP contribution in [0, 0.1) is 0 Å². The van der Waals surface area contributed by atoms with Gasteiger partial charge in [0.25, 0.3) is 0 Å². The molecule has 0 atom stereocenters. The van der Waals surface area contributed by atoms with E-state index in [1.165, 1.54) is 0 Å². The number of benzene rings is 1. The van der Waals surface area contributed by atoms with Crippen LogP contribution in [0.2, 0.25) is 0 Å². The van der Waals surface area contributed by atoms with E-state index in [-0.39, 0.29) is 6.42 Å². The molecule has 6 heteroatoms. The maximum absolute atomic E-state index is 12.2. The van der Waals surface area contributed by atoms with Crippen LogP contribution in [0.25, 0.3) is 11.0 Å². The fourth-order valence-electron chi connectivity index (χ4n) is 2.20. The molecule has 20 heavy (non-hydrogen) atoms. The lowest BCUT2D eigenvalue weighted by Gasteiger charge is -2.08. The first-order valence-corrected chi connectivity index (χ1v) is 6.43. The van der Waals surface area contributed by atoms with Crippen LogP contribution < -0.4 is 0 Å². The zero-order valence-corrected chi connectivity index (χ0v) is 11.1. The number of Topliss-reactive ketones (excluding diaryl/α,β-unsaturated/α-hetero) is 1. The first-order chi connectivity index (χ1) is 9.40. The molecule has 1 heterocycles. The monoisotopic (exact) mass is 284 g/mol. The summed E-state index contributed by atoms with van der Waals surface area (Å²) in [6, 6.07) is 7.30. The van der Waals surface area contributed by atoms with Crippen LogP contribution in [-0.2, 0) is 17.8 Å². The van der Waals surface area contributed by atoms with Crippen molar-refractivity contribution in [3.05, 3.63) is 30.1 Å². The molecule has 0 amide bonds. The van der Waals surface area contributed by atoms with E-state index in [0.29, 0.717) is 17.9 Å². The van der Waals surface area contributed by atoms with Crippen LogP contribution in [0.4, 0.5) is 13.2 Å². The van der Waals surface area contributed by atoms with Gasteiger partial charge in [-0.2, -0.15) is 13.2 Å². The molecule has 0 saturated carbocycles. The van der Waals surface area contributed by atoms with Crippen molar-refractivity contribution in [2.45, 2.75) is 38.9 Å². The van der Waals surface area contributed by atoms with Crippen molar-refractivity contribution in [2.75, 3.05) is 0 Å². The smallest absolute Gasteiger partial charge is 0.328 e. The predicted molar refractivity (Wildman–Crippen MR) is 69.4 cm³/mol. The Kier molecular flexibility index (Phi) is 4.11. The van der Waals surface area contributed by atoms with E-state index in [1.807, 2.05) is 29.7 Å². The third-order valence-corrected chi connectivity index (χ3v) is 2.93. The lowest BCUT2D eigenvalue weighted by atomic mass is 10.2.